The summed E-state index contributed by atoms with van der Waals surface area (Å²) in [6.45, 7) is 5.81. The Labute approximate surface area is 123 Å². The average Bonchev–Trinajstić information content (AvgIpc) is 3.05. The lowest BCUT2D eigenvalue weighted by Gasteiger charge is -2.18. The van der Waals surface area contributed by atoms with Crippen molar-refractivity contribution in [1.29, 1.82) is 0 Å². The quantitative estimate of drug-likeness (QED) is 0.710. The molecule has 0 amide bonds. The molecule has 3 rings (SSSR count). The predicted molar refractivity (Wildman–Crippen MR) is 80.4 cm³/mol. The second kappa shape index (κ2) is 5.51. The third-order valence-corrected chi connectivity index (χ3v) is 3.61. The molecule has 0 bridgehead atoms. The van der Waals surface area contributed by atoms with Crippen molar-refractivity contribution in [1.82, 2.24) is 29.4 Å². The van der Waals surface area contributed by atoms with Gasteiger partial charge in [0.25, 0.3) is 0 Å². The van der Waals surface area contributed by atoms with Crippen LogP contribution in [-0.4, -0.2) is 43.0 Å². The van der Waals surface area contributed by atoms with Crippen LogP contribution in [-0.2, 0) is 6.54 Å². The van der Waals surface area contributed by atoms with E-state index in [0.717, 1.165) is 42.6 Å². The van der Waals surface area contributed by atoms with Gasteiger partial charge >= 0.3 is 0 Å². The maximum Gasteiger partial charge on any atom is 0.178 e. The Bertz CT molecular complexity index is 743. The van der Waals surface area contributed by atoms with Crippen LogP contribution in [0.4, 0.5) is 5.82 Å². The first kappa shape index (κ1) is 13.5. The normalized spacial score (nSPS) is 11.2. The summed E-state index contributed by atoms with van der Waals surface area (Å²) in [6.07, 6.45) is 4.89. The van der Waals surface area contributed by atoms with Crippen LogP contribution in [0.2, 0.25) is 0 Å². The number of imidazole rings is 1. The minimum Gasteiger partial charge on any atom is -0.358 e. The molecular weight excluding hydrogens is 266 g/mol. The van der Waals surface area contributed by atoms with Crippen molar-refractivity contribution in [2.24, 2.45) is 0 Å². The molecule has 0 saturated heterocycles. The fourth-order valence-electron chi connectivity index (χ4n) is 2.32. The van der Waals surface area contributed by atoms with Gasteiger partial charge in [0, 0.05) is 32.5 Å². The molecular formula is C14H19N7. The van der Waals surface area contributed by atoms with Crippen LogP contribution >= 0.6 is 0 Å². The van der Waals surface area contributed by atoms with Gasteiger partial charge in [-0.2, -0.15) is 4.52 Å². The standard InChI is InChI=1S/C14H19N7/c1-11-15-7-10-20(11)9-4-8-19(3)14-6-5-13-17-16-12(2)21(13)18-14/h5-7,10H,4,8-9H2,1-3H3. The van der Waals surface area contributed by atoms with Crippen molar-refractivity contribution in [3.63, 3.8) is 0 Å². The van der Waals surface area contributed by atoms with E-state index < -0.39 is 0 Å². The van der Waals surface area contributed by atoms with Gasteiger partial charge < -0.3 is 9.47 Å². The Balaban J connectivity index is 1.65. The third kappa shape index (κ3) is 2.72. The Morgan fingerprint density at radius 2 is 2.00 bits per heavy atom. The van der Waals surface area contributed by atoms with Gasteiger partial charge in [-0.25, -0.2) is 4.98 Å². The van der Waals surface area contributed by atoms with E-state index >= 15 is 0 Å². The summed E-state index contributed by atoms with van der Waals surface area (Å²) in [7, 11) is 2.05. The maximum atomic E-state index is 4.57. The van der Waals surface area contributed by atoms with Crippen LogP contribution in [0.25, 0.3) is 5.65 Å². The fourth-order valence-corrected chi connectivity index (χ4v) is 2.32. The van der Waals surface area contributed by atoms with Crippen LogP contribution < -0.4 is 4.90 Å². The molecule has 21 heavy (non-hydrogen) atoms. The van der Waals surface area contributed by atoms with E-state index in [1.165, 1.54) is 0 Å². The Morgan fingerprint density at radius 1 is 1.14 bits per heavy atom. The first-order valence-electron chi connectivity index (χ1n) is 7.03. The summed E-state index contributed by atoms with van der Waals surface area (Å²) < 4.78 is 3.93. The minimum absolute atomic E-state index is 0.777. The molecule has 0 saturated carbocycles. The minimum atomic E-state index is 0.777. The largest absolute Gasteiger partial charge is 0.358 e. The van der Waals surface area contributed by atoms with E-state index in [1.54, 1.807) is 4.52 Å². The number of hydrogen-bond acceptors (Lipinski definition) is 5. The second-order valence-electron chi connectivity index (χ2n) is 5.15. The summed E-state index contributed by atoms with van der Waals surface area (Å²) in [5, 5.41) is 12.6. The third-order valence-electron chi connectivity index (χ3n) is 3.61. The average molecular weight is 285 g/mol. The number of hydrogen-bond donors (Lipinski definition) is 0. The molecule has 0 radical (unpaired) electrons. The fraction of sp³-hybridized carbons (Fsp3) is 0.429. The molecule has 0 fully saturated rings. The molecule has 7 nitrogen and oxygen atoms in total. The lowest BCUT2D eigenvalue weighted by Crippen LogP contribution is -2.22. The van der Waals surface area contributed by atoms with E-state index in [-0.39, 0.29) is 0 Å². The van der Waals surface area contributed by atoms with Gasteiger partial charge in [-0.15, -0.1) is 15.3 Å². The van der Waals surface area contributed by atoms with Crippen LogP contribution in [0.3, 0.4) is 0 Å². The predicted octanol–water partition coefficient (Wildman–Crippen LogP) is 1.46. The highest BCUT2D eigenvalue weighted by Crippen LogP contribution is 2.11. The molecule has 0 spiro atoms. The van der Waals surface area contributed by atoms with E-state index in [1.807, 2.05) is 38.4 Å². The summed E-state index contributed by atoms with van der Waals surface area (Å²) in [4.78, 5) is 6.37. The van der Waals surface area contributed by atoms with Crippen LogP contribution in [0.5, 0.6) is 0 Å². The highest BCUT2D eigenvalue weighted by Gasteiger charge is 2.07. The lowest BCUT2D eigenvalue weighted by molar-refractivity contribution is 0.619. The maximum absolute atomic E-state index is 4.57. The molecule has 7 heteroatoms. The SMILES string of the molecule is Cc1nccn1CCCN(C)c1ccc2nnc(C)n2n1. The van der Waals surface area contributed by atoms with E-state index in [0.29, 0.717) is 0 Å². The summed E-state index contributed by atoms with van der Waals surface area (Å²) in [5.41, 5.74) is 0.777. The van der Waals surface area contributed by atoms with Crippen LogP contribution in [0, 0.1) is 13.8 Å². The van der Waals surface area contributed by atoms with Crippen molar-refractivity contribution < 1.29 is 0 Å². The molecule has 0 aliphatic rings. The molecule has 3 aromatic heterocycles. The molecule has 0 atom stereocenters. The van der Waals surface area contributed by atoms with E-state index in [9.17, 15) is 0 Å². The molecule has 0 aliphatic carbocycles. The monoisotopic (exact) mass is 285 g/mol. The van der Waals surface area contributed by atoms with Crippen LogP contribution in [0.1, 0.15) is 18.1 Å². The second-order valence-corrected chi connectivity index (χ2v) is 5.15. The zero-order chi connectivity index (χ0) is 14.8. The molecule has 0 aromatic carbocycles. The number of fused-ring (bicyclic) bond motifs is 1. The molecule has 3 heterocycles. The zero-order valence-corrected chi connectivity index (χ0v) is 12.6. The molecule has 3 aromatic rings. The zero-order valence-electron chi connectivity index (χ0n) is 12.6. The highest BCUT2D eigenvalue weighted by atomic mass is 15.4. The topological polar surface area (TPSA) is 64.1 Å². The molecule has 0 N–H and O–H groups in total. The number of rotatable bonds is 5. The Morgan fingerprint density at radius 3 is 2.76 bits per heavy atom. The van der Waals surface area contributed by atoms with E-state index in [2.05, 4.69) is 36.8 Å². The number of aryl methyl sites for hydroxylation is 3. The van der Waals surface area contributed by atoms with Gasteiger partial charge in [0.1, 0.15) is 11.6 Å². The van der Waals surface area contributed by atoms with Crippen LogP contribution in [0.15, 0.2) is 24.5 Å². The van der Waals surface area contributed by atoms with Gasteiger partial charge in [0.05, 0.1) is 0 Å². The number of nitrogens with zero attached hydrogens (tertiary/aromatic N) is 7. The summed E-state index contributed by atoms with van der Waals surface area (Å²) >= 11 is 0. The summed E-state index contributed by atoms with van der Waals surface area (Å²) in [6, 6.07) is 3.92. The van der Waals surface area contributed by atoms with Gasteiger partial charge in [-0.3, -0.25) is 0 Å². The van der Waals surface area contributed by atoms with Gasteiger partial charge in [0.2, 0.25) is 0 Å². The Kier molecular flexibility index (Phi) is 3.55. The van der Waals surface area contributed by atoms with Crippen molar-refractivity contribution in [2.45, 2.75) is 26.8 Å². The Hall–Kier alpha value is -2.44. The molecule has 0 aliphatic heterocycles. The van der Waals surface area contributed by atoms with E-state index in [4.69, 9.17) is 0 Å². The van der Waals surface area contributed by atoms with Crippen molar-refractivity contribution in [3.05, 3.63) is 36.2 Å². The number of anilines is 1. The first-order chi connectivity index (χ1) is 10.1. The van der Waals surface area contributed by atoms with Crippen molar-refractivity contribution >= 4 is 11.5 Å². The molecule has 0 unspecified atom stereocenters. The van der Waals surface area contributed by atoms with Gasteiger partial charge in [0.15, 0.2) is 11.5 Å². The van der Waals surface area contributed by atoms with Gasteiger partial charge in [-0.1, -0.05) is 0 Å². The summed E-state index contributed by atoms with van der Waals surface area (Å²) in [5.74, 6) is 2.78. The number of aromatic nitrogens is 6. The lowest BCUT2D eigenvalue weighted by atomic mass is 10.3. The van der Waals surface area contributed by atoms with Gasteiger partial charge in [-0.05, 0) is 32.4 Å². The smallest absolute Gasteiger partial charge is 0.178 e. The van der Waals surface area contributed by atoms with Crippen molar-refractivity contribution in [2.75, 3.05) is 18.5 Å². The molecule has 110 valence electrons. The highest BCUT2D eigenvalue weighted by molar-refractivity contribution is 5.45. The first-order valence-corrected chi connectivity index (χ1v) is 7.03. The van der Waals surface area contributed by atoms with Crippen molar-refractivity contribution in [3.8, 4) is 0 Å².